The molecule has 1 N–H and O–H groups in total. The lowest BCUT2D eigenvalue weighted by Gasteiger charge is -2.32. The summed E-state index contributed by atoms with van der Waals surface area (Å²) in [5.41, 5.74) is 2.05. The van der Waals surface area contributed by atoms with E-state index >= 15 is 0 Å². The fraction of sp³-hybridized carbons (Fsp3) is 0.286. The Hall–Kier alpha value is -3.72. The van der Waals surface area contributed by atoms with Crippen molar-refractivity contribution < 1.29 is 18.9 Å². The van der Waals surface area contributed by atoms with Crippen LogP contribution in [0.25, 0.3) is 0 Å². The second kappa shape index (κ2) is 13.5. The van der Waals surface area contributed by atoms with Gasteiger partial charge in [0.25, 0.3) is 5.69 Å². The predicted octanol–water partition coefficient (Wildman–Crippen LogP) is 5.13. The molecule has 37 heavy (non-hydrogen) atoms. The van der Waals surface area contributed by atoms with Gasteiger partial charge in [0.05, 0.1) is 10.7 Å². The first-order valence-corrected chi connectivity index (χ1v) is 13.1. The Bertz CT molecular complexity index is 1210. The maximum atomic E-state index is 14.6. The standard InChI is InChI=1S/C28H30FN3O4S/c1-20(2)30-28(34)26(16-21-8-4-3-5-9-21)31(17-23-10-6-7-11-25(23)29)27(33)19-37-18-22-12-14-24(15-13-22)32(35)36/h3-15,20,26H,16-19H2,1-2H3,(H,30,34)/t26-/m0/s1. The Morgan fingerprint density at radius 1 is 0.973 bits per heavy atom. The molecule has 194 valence electrons. The molecular formula is C28H30FN3O4S. The molecule has 1 atom stereocenters. The van der Waals surface area contributed by atoms with Crippen molar-refractivity contribution in [2.24, 2.45) is 0 Å². The van der Waals surface area contributed by atoms with E-state index in [1.54, 1.807) is 30.3 Å². The second-order valence-corrected chi connectivity index (χ2v) is 9.88. The van der Waals surface area contributed by atoms with Crippen LogP contribution in [0, 0.1) is 15.9 Å². The quantitative estimate of drug-likeness (QED) is 0.262. The van der Waals surface area contributed by atoms with Crippen molar-refractivity contribution >= 4 is 29.3 Å². The van der Waals surface area contributed by atoms with Crippen LogP contribution in [-0.4, -0.2) is 39.5 Å². The largest absolute Gasteiger partial charge is 0.352 e. The van der Waals surface area contributed by atoms with Crippen molar-refractivity contribution in [1.82, 2.24) is 10.2 Å². The number of non-ortho nitro benzene ring substituents is 1. The third kappa shape index (κ3) is 8.42. The minimum Gasteiger partial charge on any atom is -0.352 e. The van der Waals surface area contributed by atoms with Crippen molar-refractivity contribution in [2.45, 2.75) is 44.6 Å². The normalized spacial score (nSPS) is 11.7. The van der Waals surface area contributed by atoms with E-state index in [0.717, 1.165) is 11.1 Å². The predicted molar refractivity (Wildman–Crippen MR) is 143 cm³/mol. The van der Waals surface area contributed by atoms with Gasteiger partial charge in [-0.2, -0.15) is 0 Å². The number of nitro groups is 1. The number of benzene rings is 3. The van der Waals surface area contributed by atoms with Crippen LogP contribution in [0.15, 0.2) is 78.9 Å². The molecule has 0 fully saturated rings. The van der Waals surface area contributed by atoms with Crippen LogP contribution in [0.5, 0.6) is 0 Å². The maximum absolute atomic E-state index is 14.6. The molecule has 2 amide bonds. The van der Waals surface area contributed by atoms with E-state index in [4.69, 9.17) is 0 Å². The smallest absolute Gasteiger partial charge is 0.269 e. The Labute approximate surface area is 220 Å². The van der Waals surface area contributed by atoms with Crippen LogP contribution in [0.1, 0.15) is 30.5 Å². The zero-order valence-corrected chi connectivity index (χ0v) is 21.6. The van der Waals surface area contributed by atoms with Gasteiger partial charge in [0, 0.05) is 42.5 Å². The highest BCUT2D eigenvalue weighted by Crippen LogP contribution is 2.21. The Kier molecular flexibility index (Phi) is 10.2. The van der Waals surface area contributed by atoms with Crippen LogP contribution >= 0.6 is 11.8 Å². The van der Waals surface area contributed by atoms with Crippen LogP contribution in [0.2, 0.25) is 0 Å². The van der Waals surface area contributed by atoms with Gasteiger partial charge < -0.3 is 10.2 Å². The van der Waals surface area contributed by atoms with Crippen LogP contribution in [0.3, 0.4) is 0 Å². The second-order valence-electron chi connectivity index (χ2n) is 8.90. The summed E-state index contributed by atoms with van der Waals surface area (Å²) in [6.07, 6.45) is 0.284. The van der Waals surface area contributed by atoms with E-state index in [0.29, 0.717) is 11.3 Å². The fourth-order valence-corrected chi connectivity index (χ4v) is 4.67. The highest BCUT2D eigenvalue weighted by Gasteiger charge is 2.31. The molecule has 0 aliphatic heterocycles. The van der Waals surface area contributed by atoms with Crippen molar-refractivity contribution in [3.8, 4) is 0 Å². The SMILES string of the molecule is CC(C)NC(=O)[C@H](Cc1ccccc1)N(Cc1ccccc1F)C(=O)CSCc1ccc([N+](=O)[O-])cc1. The minimum absolute atomic E-state index is 0.000748. The number of amides is 2. The lowest BCUT2D eigenvalue weighted by atomic mass is 10.0. The molecule has 9 heteroatoms. The van der Waals surface area contributed by atoms with Crippen LogP contribution < -0.4 is 5.32 Å². The summed E-state index contributed by atoms with van der Waals surface area (Å²) in [6.45, 7) is 3.65. The molecule has 0 saturated heterocycles. The summed E-state index contributed by atoms with van der Waals surface area (Å²) < 4.78 is 14.6. The molecule has 0 bridgehead atoms. The molecule has 3 aromatic rings. The van der Waals surface area contributed by atoms with Gasteiger partial charge in [0.15, 0.2) is 0 Å². The number of rotatable bonds is 12. The number of nitro benzene ring substituents is 1. The number of nitrogens with one attached hydrogen (secondary N) is 1. The maximum Gasteiger partial charge on any atom is 0.269 e. The molecular weight excluding hydrogens is 493 g/mol. The third-order valence-electron chi connectivity index (χ3n) is 5.64. The van der Waals surface area contributed by atoms with Gasteiger partial charge in [-0.15, -0.1) is 11.8 Å². The van der Waals surface area contributed by atoms with Gasteiger partial charge >= 0.3 is 0 Å². The Morgan fingerprint density at radius 3 is 2.24 bits per heavy atom. The minimum atomic E-state index is -0.836. The molecule has 0 heterocycles. The lowest BCUT2D eigenvalue weighted by Crippen LogP contribution is -2.52. The molecule has 0 aromatic heterocycles. The molecule has 3 aromatic carbocycles. The first kappa shape index (κ1) is 27.9. The number of nitrogens with zero attached hydrogens (tertiary/aromatic N) is 2. The fourth-order valence-electron chi connectivity index (χ4n) is 3.80. The first-order valence-electron chi connectivity index (χ1n) is 11.9. The van der Waals surface area contributed by atoms with Gasteiger partial charge in [0.1, 0.15) is 11.9 Å². The van der Waals surface area contributed by atoms with Crippen molar-refractivity contribution in [3.63, 3.8) is 0 Å². The first-order chi connectivity index (χ1) is 17.7. The number of thioether (sulfide) groups is 1. The molecule has 7 nitrogen and oxygen atoms in total. The summed E-state index contributed by atoms with van der Waals surface area (Å²) in [5.74, 6) is -0.523. The van der Waals surface area contributed by atoms with E-state index < -0.39 is 16.8 Å². The average Bonchev–Trinajstić information content (AvgIpc) is 2.87. The van der Waals surface area contributed by atoms with E-state index in [2.05, 4.69) is 5.32 Å². The van der Waals surface area contributed by atoms with Gasteiger partial charge in [0.2, 0.25) is 11.8 Å². The molecule has 0 aliphatic rings. The van der Waals surface area contributed by atoms with Crippen molar-refractivity contribution in [1.29, 1.82) is 0 Å². The van der Waals surface area contributed by atoms with Gasteiger partial charge in [-0.25, -0.2) is 4.39 Å². The van der Waals surface area contributed by atoms with Gasteiger partial charge in [-0.05, 0) is 31.0 Å². The topological polar surface area (TPSA) is 92.6 Å². The van der Waals surface area contributed by atoms with E-state index in [-0.39, 0.29) is 42.3 Å². The van der Waals surface area contributed by atoms with Crippen molar-refractivity contribution in [3.05, 3.63) is 111 Å². The van der Waals surface area contributed by atoms with E-state index in [9.17, 15) is 24.1 Å². The Balaban J connectivity index is 1.83. The van der Waals surface area contributed by atoms with Gasteiger partial charge in [-0.1, -0.05) is 60.7 Å². The molecule has 0 radical (unpaired) electrons. The molecule has 3 rings (SSSR count). The average molecular weight is 524 g/mol. The summed E-state index contributed by atoms with van der Waals surface area (Å²) in [4.78, 5) is 38.7. The zero-order valence-electron chi connectivity index (χ0n) is 20.8. The number of hydrogen-bond acceptors (Lipinski definition) is 5. The molecule has 0 saturated carbocycles. The summed E-state index contributed by atoms with van der Waals surface area (Å²) >= 11 is 1.33. The summed E-state index contributed by atoms with van der Waals surface area (Å²) in [6, 6.07) is 20.8. The number of carbonyl (C=O) groups is 2. The Morgan fingerprint density at radius 2 is 1.62 bits per heavy atom. The highest BCUT2D eigenvalue weighted by atomic mass is 32.2. The summed E-state index contributed by atoms with van der Waals surface area (Å²) in [5, 5.41) is 13.8. The number of halogens is 1. The number of hydrogen-bond donors (Lipinski definition) is 1. The van der Waals surface area contributed by atoms with Crippen LogP contribution in [0.4, 0.5) is 10.1 Å². The number of carbonyl (C=O) groups excluding carboxylic acids is 2. The molecule has 0 aliphatic carbocycles. The molecule has 0 unspecified atom stereocenters. The van der Waals surface area contributed by atoms with Crippen LogP contribution in [-0.2, 0) is 28.3 Å². The molecule has 0 spiro atoms. The van der Waals surface area contributed by atoms with E-state index in [1.165, 1.54) is 34.9 Å². The van der Waals surface area contributed by atoms with E-state index in [1.807, 2.05) is 44.2 Å². The lowest BCUT2D eigenvalue weighted by molar-refractivity contribution is -0.384. The zero-order chi connectivity index (χ0) is 26.8. The van der Waals surface area contributed by atoms with Gasteiger partial charge in [-0.3, -0.25) is 19.7 Å². The highest BCUT2D eigenvalue weighted by molar-refractivity contribution is 7.99. The third-order valence-corrected chi connectivity index (χ3v) is 6.63. The monoisotopic (exact) mass is 523 g/mol. The summed E-state index contributed by atoms with van der Waals surface area (Å²) in [7, 11) is 0. The van der Waals surface area contributed by atoms with Crippen molar-refractivity contribution in [2.75, 3.05) is 5.75 Å².